The van der Waals surface area contributed by atoms with Crippen LogP contribution in [0.1, 0.15) is 34.3 Å². The second kappa shape index (κ2) is 7.29. The van der Waals surface area contributed by atoms with Gasteiger partial charge in [0.25, 0.3) is 0 Å². The van der Waals surface area contributed by atoms with Gasteiger partial charge in [-0.2, -0.15) is 0 Å². The van der Waals surface area contributed by atoms with Gasteiger partial charge in [0.2, 0.25) is 6.79 Å². The minimum absolute atomic E-state index is 0.0255. The molecule has 4 nitrogen and oxygen atoms in total. The number of fused-ring (bicyclic) bond motifs is 1. The number of para-hydroxylation sites is 1. The summed E-state index contributed by atoms with van der Waals surface area (Å²) in [6.07, 6.45) is 1.96. The Bertz CT molecular complexity index is 836. The second-order valence-electron chi connectivity index (χ2n) is 7.05. The number of hydrogen-bond donors (Lipinski definition) is 0. The second-order valence-corrected chi connectivity index (χ2v) is 7.49. The zero-order chi connectivity index (χ0) is 18.1. The first-order chi connectivity index (χ1) is 12.6. The largest absolute Gasteiger partial charge is 0.454 e. The van der Waals surface area contributed by atoms with Gasteiger partial charge in [-0.3, -0.25) is 9.69 Å². The molecule has 0 amide bonds. The number of nitrogens with zero attached hydrogens (tertiary/aromatic N) is 1. The fraction of sp³-hybridized carbons (Fsp3) is 0.381. The van der Waals surface area contributed by atoms with Crippen molar-refractivity contribution in [3.05, 3.63) is 58.1 Å². The number of carbonyl (C=O) groups excluding carboxylic acids is 1. The maximum absolute atomic E-state index is 13.0. The average Bonchev–Trinajstić information content (AvgIpc) is 3.11. The lowest BCUT2D eigenvalue weighted by atomic mass is 9.88. The molecule has 2 aromatic carbocycles. The van der Waals surface area contributed by atoms with Crippen molar-refractivity contribution in [3.8, 4) is 11.5 Å². The molecule has 0 N–H and O–H groups in total. The first-order valence-corrected chi connectivity index (χ1v) is 9.40. The zero-order valence-electron chi connectivity index (χ0n) is 14.8. The van der Waals surface area contributed by atoms with Gasteiger partial charge in [-0.1, -0.05) is 23.7 Å². The predicted octanol–water partition coefficient (Wildman–Crippen LogP) is 4.47. The minimum Gasteiger partial charge on any atom is -0.454 e. The van der Waals surface area contributed by atoms with Crippen LogP contribution in [0.4, 0.5) is 0 Å². The Labute approximate surface area is 158 Å². The molecule has 0 unspecified atom stereocenters. The maximum Gasteiger partial charge on any atom is 0.231 e. The Morgan fingerprint density at radius 1 is 1.27 bits per heavy atom. The van der Waals surface area contributed by atoms with Crippen molar-refractivity contribution in [3.63, 3.8) is 0 Å². The summed E-state index contributed by atoms with van der Waals surface area (Å²) in [6, 6.07) is 11.5. The molecule has 0 saturated carbocycles. The van der Waals surface area contributed by atoms with E-state index in [2.05, 4.69) is 11.0 Å². The van der Waals surface area contributed by atoms with Crippen LogP contribution in [-0.4, -0.2) is 30.6 Å². The standard InChI is InChI=1S/C21H22ClNO3/c1-14-10-17(22)7-8-18(14)20(24)15-5-3-9-23(11-15)12-16-4-2-6-19-21(16)26-13-25-19/h2,4,6-8,10,15H,3,5,9,11-13H2,1H3/t15-/m1/s1. The van der Waals surface area contributed by atoms with Crippen LogP contribution >= 0.6 is 11.6 Å². The van der Waals surface area contributed by atoms with Crippen LogP contribution in [0.2, 0.25) is 5.02 Å². The highest BCUT2D eigenvalue weighted by molar-refractivity contribution is 6.30. The van der Waals surface area contributed by atoms with E-state index in [0.29, 0.717) is 5.02 Å². The van der Waals surface area contributed by atoms with Gasteiger partial charge in [0.1, 0.15) is 0 Å². The number of Topliss-reactive ketones (excluding diaryl/α,β-unsaturated/α-hetero) is 1. The highest BCUT2D eigenvalue weighted by Gasteiger charge is 2.28. The fourth-order valence-corrected chi connectivity index (χ4v) is 4.12. The minimum atomic E-state index is 0.0255. The van der Waals surface area contributed by atoms with E-state index in [4.69, 9.17) is 21.1 Å². The predicted molar refractivity (Wildman–Crippen MR) is 101 cm³/mol. The number of aryl methyl sites for hydroxylation is 1. The first-order valence-electron chi connectivity index (χ1n) is 9.02. The van der Waals surface area contributed by atoms with E-state index in [1.54, 1.807) is 6.07 Å². The maximum atomic E-state index is 13.0. The Morgan fingerprint density at radius 2 is 2.15 bits per heavy atom. The Morgan fingerprint density at radius 3 is 3.00 bits per heavy atom. The van der Waals surface area contributed by atoms with Crippen LogP contribution in [0, 0.1) is 12.8 Å². The van der Waals surface area contributed by atoms with Gasteiger partial charge in [0.15, 0.2) is 17.3 Å². The molecule has 2 aliphatic rings. The van der Waals surface area contributed by atoms with Crippen LogP contribution in [-0.2, 0) is 6.54 Å². The number of benzene rings is 2. The summed E-state index contributed by atoms with van der Waals surface area (Å²) < 4.78 is 11.1. The van der Waals surface area contributed by atoms with Gasteiger partial charge in [-0.25, -0.2) is 0 Å². The molecule has 1 atom stereocenters. The van der Waals surface area contributed by atoms with E-state index >= 15 is 0 Å². The SMILES string of the molecule is Cc1cc(Cl)ccc1C(=O)[C@@H]1CCCN(Cc2cccc3c2OCO3)C1. The van der Waals surface area contributed by atoms with Crippen molar-refractivity contribution in [2.45, 2.75) is 26.3 Å². The van der Waals surface area contributed by atoms with Gasteiger partial charge >= 0.3 is 0 Å². The van der Waals surface area contributed by atoms with Crippen LogP contribution in [0.25, 0.3) is 0 Å². The van der Waals surface area contributed by atoms with Crippen molar-refractivity contribution in [2.75, 3.05) is 19.9 Å². The van der Waals surface area contributed by atoms with Crippen molar-refractivity contribution in [1.29, 1.82) is 0 Å². The Balaban J connectivity index is 1.48. The van der Waals surface area contributed by atoms with E-state index in [1.807, 2.05) is 31.2 Å². The van der Waals surface area contributed by atoms with Gasteiger partial charge in [-0.05, 0) is 56.1 Å². The van der Waals surface area contributed by atoms with E-state index in [1.165, 1.54) is 0 Å². The van der Waals surface area contributed by atoms with Crippen LogP contribution in [0.15, 0.2) is 36.4 Å². The summed E-state index contributed by atoms with van der Waals surface area (Å²) in [6.45, 7) is 4.77. The lowest BCUT2D eigenvalue weighted by Gasteiger charge is -2.32. The molecule has 2 aromatic rings. The highest BCUT2D eigenvalue weighted by atomic mass is 35.5. The third-order valence-corrected chi connectivity index (χ3v) is 5.44. The molecule has 26 heavy (non-hydrogen) atoms. The van der Waals surface area contributed by atoms with E-state index in [0.717, 1.165) is 60.7 Å². The zero-order valence-corrected chi connectivity index (χ0v) is 15.6. The number of likely N-dealkylation sites (tertiary alicyclic amines) is 1. The summed E-state index contributed by atoms with van der Waals surface area (Å²) in [7, 11) is 0. The molecule has 136 valence electrons. The molecule has 0 aliphatic carbocycles. The summed E-state index contributed by atoms with van der Waals surface area (Å²) in [5.41, 5.74) is 2.86. The smallest absolute Gasteiger partial charge is 0.231 e. The number of rotatable bonds is 4. The quantitative estimate of drug-likeness (QED) is 0.743. The molecule has 0 bridgehead atoms. The van der Waals surface area contributed by atoms with Crippen LogP contribution in [0.3, 0.4) is 0 Å². The monoisotopic (exact) mass is 371 g/mol. The number of ether oxygens (including phenoxy) is 2. The summed E-state index contributed by atoms with van der Waals surface area (Å²) in [4.78, 5) is 15.3. The molecule has 2 aliphatic heterocycles. The molecular formula is C21H22ClNO3. The van der Waals surface area contributed by atoms with Gasteiger partial charge in [0.05, 0.1) is 0 Å². The summed E-state index contributed by atoms with van der Waals surface area (Å²) in [5.74, 6) is 1.90. The van der Waals surface area contributed by atoms with Crippen LogP contribution in [0.5, 0.6) is 11.5 Å². The third kappa shape index (κ3) is 3.44. The molecule has 1 saturated heterocycles. The molecule has 2 heterocycles. The topological polar surface area (TPSA) is 38.8 Å². The molecule has 0 radical (unpaired) electrons. The summed E-state index contributed by atoms with van der Waals surface area (Å²) in [5, 5.41) is 0.671. The molecule has 5 heteroatoms. The fourth-order valence-electron chi connectivity index (χ4n) is 3.89. The van der Waals surface area contributed by atoms with Crippen molar-refractivity contribution in [1.82, 2.24) is 4.90 Å². The lowest BCUT2D eigenvalue weighted by Crippen LogP contribution is -2.38. The molecule has 4 rings (SSSR count). The number of piperidine rings is 1. The Hall–Kier alpha value is -2.04. The highest BCUT2D eigenvalue weighted by Crippen LogP contribution is 2.36. The van der Waals surface area contributed by atoms with Gasteiger partial charge in [0, 0.05) is 35.2 Å². The first kappa shape index (κ1) is 17.4. The third-order valence-electron chi connectivity index (χ3n) is 5.20. The average molecular weight is 372 g/mol. The number of carbonyl (C=O) groups is 1. The number of hydrogen-bond acceptors (Lipinski definition) is 4. The molecule has 0 aromatic heterocycles. The number of halogens is 1. The molecule has 1 fully saturated rings. The normalized spacial score (nSPS) is 19.5. The van der Waals surface area contributed by atoms with E-state index in [-0.39, 0.29) is 18.5 Å². The summed E-state index contributed by atoms with van der Waals surface area (Å²) >= 11 is 6.03. The van der Waals surface area contributed by atoms with Crippen molar-refractivity contribution < 1.29 is 14.3 Å². The van der Waals surface area contributed by atoms with E-state index in [9.17, 15) is 4.79 Å². The molecular weight excluding hydrogens is 350 g/mol. The Kier molecular flexibility index (Phi) is 4.88. The van der Waals surface area contributed by atoms with Crippen molar-refractivity contribution in [2.24, 2.45) is 5.92 Å². The van der Waals surface area contributed by atoms with E-state index < -0.39 is 0 Å². The van der Waals surface area contributed by atoms with Crippen molar-refractivity contribution >= 4 is 17.4 Å². The van der Waals surface area contributed by atoms with Gasteiger partial charge in [-0.15, -0.1) is 0 Å². The lowest BCUT2D eigenvalue weighted by molar-refractivity contribution is 0.0810. The van der Waals surface area contributed by atoms with Gasteiger partial charge < -0.3 is 9.47 Å². The van der Waals surface area contributed by atoms with Crippen LogP contribution < -0.4 is 9.47 Å². The molecule has 0 spiro atoms. The number of ketones is 1.